The molecule has 0 radical (unpaired) electrons. The van der Waals surface area contributed by atoms with E-state index in [4.69, 9.17) is 11.6 Å². The predicted molar refractivity (Wildman–Crippen MR) is 82.9 cm³/mol. The second-order valence-electron chi connectivity index (χ2n) is 3.74. The Balaban J connectivity index is 2.25. The lowest BCUT2D eigenvalue weighted by Gasteiger charge is -2.08. The minimum absolute atomic E-state index is 0.0247. The Bertz CT molecular complexity index is 647. The molecule has 0 aliphatic heterocycles. The summed E-state index contributed by atoms with van der Waals surface area (Å²) in [7, 11) is 0. The zero-order chi connectivity index (χ0) is 14.0. The maximum atomic E-state index is 12.1. The normalized spacial score (nSPS) is 10.3. The fourth-order valence-corrected chi connectivity index (χ4v) is 2.42. The topological polar surface area (TPSA) is 49.3 Å². The Labute approximate surface area is 131 Å². The standard InChI is InChI=1S/C13H8Br2ClNO2/c14-7-1-3-10(15)9(5-7)13(19)17-8-2-4-12(18)11(16)6-8/h1-6,18H,(H,17,19). The van der Waals surface area contributed by atoms with Crippen LogP contribution in [0.4, 0.5) is 5.69 Å². The van der Waals surface area contributed by atoms with Crippen molar-refractivity contribution in [2.24, 2.45) is 0 Å². The van der Waals surface area contributed by atoms with E-state index in [9.17, 15) is 9.90 Å². The van der Waals surface area contributed by atoms with Crippen LogP contribution in [0.3, 0.4) is 0 Å². The molecule has 0 atom stereocenters. The van der Waals surface area contributed by atoms with Gasteiger partial charge in [0.05, 0.1) is 10.6 Å². The van der Waals surface area contributed by atoms with Crippen LogP contribution < -0.4 is 5.32 Å². The van der Waals surface area contributed by atoms with Gasteiger partial charge in [-0.15, -0.1) is 0 Å². The molecule has 0 heterocycles. The van der Waals surface area contributed by atoms with Crippen molar-refractivity contribution in [1.82, 2.24) is 0 Å². The highest BCUT2D eigenvalue weighted by Crippen LogP contribution is 2.27. The number of benzene rings is 2. The number of aromatic hydroxyl groups is 1. The Kier molecular flexibility index (Phi) is 4.50. The maximum absolute atomic E-state index is 12.1. The summed E-state index contributed by atoms with van der Waals surface area (Å²) in [5.74, 6) is -0.293. The molecule has 0 aromatic heterocycles. The van der Waals surface area contributed by atoms with Crippen molar-refractivity contribution in [3.05, 3.63) is 55.9 Å². The van der Waals surface area contributed by atoms with Crippen LogP contribution in [0.25, 0.3) is 0 Å². The van der Waals surface area contributed by atoms with Crippen molar-refractivity contribution < 1.29 is 9.90 Å². The molecule has 2 N–H and O–H groups in total. The molecule has 19 heavy (non-hydrogen) atoms. The highest BCUT2D eigenvalue weighted by atomic mass is 79.9. The van der Waals surface area contributed by atoms with E-state index in [1.807, 2.05) is 6.07 Å². The van der Waals surface area contributed by atoms with E-state index in [-0.39, 0.29) is 16.7 Å². The third kappa shape index (κ3) is 3.49. The van der Waals surface area contributed by atoms with E-state index >= 15 is 0 Å². The van der Waals surface area contributed by atoms with Gasteiger partial charge in [0.1, 0.15) is 5.75 Å². The monoisotopic (exact) mass is 403 g/mol. The van der Waals surface area contributed by atoms with Gasteiger partial charge in [0.25, 0.3) is 5.91 Å². The van der Waals surface area contributed by atoms with Crippen molar-refractivity contribution >= 4 is 55.1 Å². The number of rotatable bonds is 2. The van der Waals surface area contributed by atoms with Crippen LogP contribution in [0.5, 0.6) is 5.75 Å². The van der Waals surface area contributed by atoms with Gasteiger partial charge >= 0.3 is 0 Å². The lowest BCUT2D eigenvalue weighted by molar-refractivity contribution is 0.102. The molecule has 0 saturated carbocycles. The summed E-state index contributed by atoms with van der Waals surface area (Å²) in [6.45, 7) is 0. The van der Waals surface area contributed by atoms with Crippen molar-refractivity contribution in [2.45, 2.75) is 0 Å². The number of carbonyl (C=O) groups is 1. The smallest absolute Gasteiger partial charge is 0.256 e. The number of phenols is 1. The number of halogens is 3. The van der Waals surface area contributed by atoms with Crippen LogP contribution in [0.2, 0.25) is 5.02 Å². The van der Waals surface area contributed by atoms with Gasteiger partial charge in [0.2, 0.25) is 0 Å². The Morgan fingerprint density at radius 1 is 1.16 bits per heavy atom. The Morgan fingerprint density at radius 3 is 2.58 bits per heavy atom. The van der Waals surface area contributed by atoms with Crippen LogP contribution >= 0.6 is 43.5 Å². The third-order valence-corrected chi connectivity index (χ3v) is 3.87. The molecule has 0 bridgehead atoms. The van der Waals surface area contributed by atoms with E-state index in [2.05, 4.69) is 37.2 Å². The van der Waals surface area contributed by atoms with Crippen molar-refractivity contribution in [2.75, 3.05) is 5.32 Å². The predicted octanol–water partition coefficient (Wildman–Crippen LogP) is 4.82. The van der Waals surface area contributed by atoms with Gasteiger partial charge in [-0.2, -0.15) is 0 Å². The summed E-state index contributed by atoms with van der Waals surface area (Å²) in [6, 6.07) is 9.81. The molecular weight excluding hydrogens is 397 g/mol. The minimum atomic E-state index is -0.269. The number of hydrogen-bond acceptors (Lipinski definition) is 2. The van der Waals surface area contributed by atoms with Gasteiger partial charge in [-0.25, -0.2) is 0 Å². The molecule has 98 valence electrons. The first kappa shape index (κ1) is 14.4. The molecule has 0 unspecified atom stereocenters. The van der Waals surface area contributed by atoms with Crippen LogP contribution in [-0.4, -0.2) is 11.0 Å². The zero-order valence-electron chi connectivity index (χ0n) is 9.45. The average molecular weight is 405 g/mol. The van der Waals surface area contributed by atoms with Gasteiger partial charge in [-0.3, -0.25) is 4.79 Å². The van der Waals surface area contributed by atoms with Gasteiger partial charge in [0.15, 0.2) is 0 Å². The number of amides is 1. The first-order valence-electron chi connectivity index (χ1n) is 5.22. The fourth-order valence-electron chi connectivity index (χ4n) is 1.45. The Morgan fingerprint density at radius 2 is 1.89 bits per heavy atom. The summed E-state index contributed by atoms with van der Waals surface area (Å²) in [5.41, 5.74) is 1.01. The molecule has 0 saturated heterocycles. The third-order valence-electron chi connectivity index (χ3n) is 2.38. The molecule has 2 rings (SSSR count). The van der Waals surface area contributed by atoms with Gasteiger partial charge in [0, 0.05) is 14.6 Å². The first-order chi connectivity index (χ1) is 8.97. The van der Waals surface area contributed by atoms with E-state index in [1.54, 1.807) is 18.2 Å². The summed E-state index contributed by atoms with van der Waals surface area (Å²) in [5, 5.41) is 12.2. The molecule has 2 aromatic carbocycles. The highest BCUT2D eigenvalue weighted by Gasteiger charge is 2.11. The van der Waals surface area contributed by atoms with Crippen LogP contribution in [0.15, 0.2) is 45.3 Å². The molecule has 0 aliphatic carbocycles. The highest BCUT2D eigenvalue weighted by molar-refractivity contribution is 9.11. The lowest BCUT2D eigenvalue weighted by Crippen LogP contribution is -2.12. The van der Waals surface area contributed by atoms with Gasteiger partial charge in [-0.1, -0.05) is 27.5 Å². The molecule has 0 aliphatic rings. The molecule has 0 fully saturated rings. The van der Waals surface area contributed by atoms with Crippen molar-refractivity contribution in [1.29, 1.82) is 0 Å². The fraction of sp³-hybridized carbons (Fsp3) is 0. The number of carbonyl (C=O) groups excluding carboxylic acids is 1. The van der Waals surface area contributed by atoms with Crippen LogP contribution in [0.1, 0.15) is 10.4 Å². The molecule has 2 aromatic rings. The number of nitrogens with one attached hydrogen (secondary N) is 1. The van der Waals surface area contributed by atoms with Crippen LogP contribution in [0, 0.1) is 0 Å². The van der Waals surface area contributed by atoms with Gasteiger partial charge in [-0.05, 0) is 52.3 Å². The first-order valence-corrected chi connectivity index (χ1v) is 7.18. The summed E-state index contributed by atoms with van der Waals surface area (Å²) in [6.07, 6.45) is 0. The molecule has 3 nitrogen and oxygen atoms in total. The molecule has 0 spiro atoms. The van der Waals surface area contributed by atoms with Crippen molar-refractivity contribution in [3.8, 4) is 5.75 Å². The summed E-state index contributed by atoms with van der Waals surface area (Å²) < 4.78 is 1.50. The van der Waals surface area contributed by atoms with E-state index in [0.717, 1.165) is 4.47 Å². The SMILES string of the molecule is O=C(Nc1ccc(O)c(Cl)c1)c1cc(Br)ccc1Br. The van der Waals surface area contributed by atoms with Gasteiger partial charge < -0.3 is 10.4 Å². The molecule has 1 amide bonds. The quantitative estimate of drug-likeness (QED) is 0.704. The molecular formula is C13H8Br2ClNO2. The second-order valence-corrected chi connectivity index (χ2v) is 5.92. The summed E-state index contributed by atoms with van der Waals surface area (Å²) in [4.78, 5) is 12.1. The van der Waals surface area contributed by atoms with E-state index in [0.29, 0.717) is 15.7 Å². The Hall–Kier alpha value is -1.04. The van der Waals surface area contributed by atoms with E-state index in [1.165, 1.54) is 12.1 Å². The summed E-state index contributed by atoms with van der Waals surface area (Å²) >= 11 is 12.4. The minimum Gasteiger partial charge on any atom is -0.506 e. The van der Waals surface area contributed by atoms with E-state index < -0.39 is 0 Å². The largest absolute Gasteiger partial charge is 0.506 e. The van der Waals surface area contributed by atoms with Crippen LogP contribution in [-0.2, 0) is 0 Å². The average Bonchev–Trinajstić information content (AvgIpc) is 2.36. The number of anilines is 1. The maximum Gasteiger partial charge on any atom is 0.256 e. The molecule has 6 heteroatoms. The van der Waals surface area contributed by atoms with Crippen molar-refractivity contribution in [3.63, 3.8) is 0 Å². The zero-order valence-corrected chi connectivity index (χ0v) is 13.4. The number of phenolic OH excluding ortho intramolecular Hbond substituents is 1. The lowest BCUT2D eigenvalue weighted by atomic mass is 10.2. The second kappa shape index (κ2) is 5.94. The number of hydrogen-bond donors (Lipinski definition) is 2.